The monoisotopic (exact) mass is 304 g/mol. The van der Waals surface area contributed by atoms with E-state index in [9.17, 15) is 19.1 Å². The van der Waals surface area contributed by atoms with Gasteiger partial charge >= 0.3 is 0 Å². The molecular weight excluding hydrogens is 275 g/mol. The summed E-state index contributed by atoms with van der Waals surface area (Å²) < 4.78 is 12.2. The van der Waals surface area contributed by atoms with Crippen LogP contribution in [0.4, 0.5) is 4.39 Å². The zero-order chi connectivity index (χ0) is 16.1. The molecule has 0 unspecified atom stereocenters. The number of rotatable bonds is 13. The van der Waals surface area contributed by atoms with Crippen molar-refractivity contribution in [1.29, 1.82) is 0 Å². The molecule has 6 heteroatoms. The van der Waals surface area contributed by atoms with Crippen LogP contribution in [-0.4, -0.2) is 56.8 Å². The summed E-state index contributed by atoms with van der Waals surface area (Å²) in [7, 11) is 3.66. The van der Waals surface area contributed by atoms with Gasteiger partial charge in [-0.1, -0.05) is 19.3 Å². The number of nitrogens with zero attached hydrogens (tertiary/aromatic N) is 1. The van der Waals surface area contributed by atoms with E-state index in [0.29, 0.717) is 30.4 Å². The Balaban J connectivity index is 3.51. The number of carbonyl (C=O) groups is 2. The lowest BCUT2D eigenvalue weighted by Gasteiger charge is -2.30. The second-order valence-electron chi connectivity index (χ2n) is 6.10. The van der Waals surface area contributed by atoms with E-state index in [-0.39, 0.29) is 19.1 Å². The molecule has 0 radical (unpaired) electrons. The minimum absolute atomic E-state index is 0.0210. The maximum atomic E-state index is 11.9. The van der Waals surface area contributed by atoms with E-state index in [4.69, 9.17) is 0 Å². The van der Waals surface area contributed by atoms with Crippen molar-refractivity contribution in [3.8, 4) is 0 Å². The maximum absolute atomic E-state index is 11.9. The SMILES string of the molecule is C[N+](C)(CCCNC(=O)CCCCCCCF)CC(=O)[O-]. The van der Waals surface area contributed by atoms with Crippen LogP contribution in [0.5, 0.6) is 0 Å². The third-order valence-corrected chi connectivity index (χ3v) is 3.36. The predicted molar refractivity (Wildman–Crippen MR) is 78.2 cm³/mol. The molecule has 0 aromatic rings. The number of hydrogen-bond donors (Lipinski definition) is 1. The minimum atomic E-state index is -1.06. The van der Waals surface area contributed by atoms with Crippen molar-refractivity contribution >= 4 is 11.9 Å². The van der Waals surface area contributed by atoms with E-state index in [1.165, 1.54) is 0 Å². The number of alkyl halides is 1. The number of carbonyl (C=O) groups excluding carboxylic acids is 2. The highest BCUT2D eigenvalue weighted by molar-refractivity contribution is 5.75. The smallest absolute Gasteiger partial charge is 0.219 e. The molecule has 1 N–H and O–H groups in total. The summed E-state index contributed by atoms with van der Waals surface area (Å²) in [6.45, 7) is 0.965. The first-order valence-electron chi connectivity index (χ1n) is 7.72. The zero-order valence-electron chi connectivity index (χ0n) is 13.3. The topological polar surface area (TPSA) is 69.2 Å². The third kappa shape index (κ3) is 13.6. The van der Waals surface area contributed by atoms with Gasteiger partial charge in [-0.05, 0) is 12.8 Å². The van der Waals surface area contributed by atoms with Crippen LogP contribution in [0.2, 0.25) is 0 Å². The molecule has 0 atom stereocenters. The van der Waals surface area contributed by atoms with Crippen LogP contribution < -0.4 is 10.4 Å². The van der Waals surface area contributed by atoms with Crippen LogP contribution in [0.3, 0.4) is 0 Å². The van der Waals surface area contributed by atoms with Crippen LogP contribution in [0.25, 0.3) is 0 Å². The molecule has 0 fully saturated rings. The summed E-state index contributed by atoms with van der Waals surface area (Å²) in [6.07, 6.45) is 5.53. The van der Waals surface area contributed by atoms with Crippen LogP contribution in [0.1, 0.15) is 44.9 Å². The zero-order valence-corrected chi connectivity index (χ0v) is 13.3. The summed E-state index contributed by atoms with van der Waals surface area (Å²) in [5, 5.41) is 13.4. The van der Waals surface area contributed by atoms with Crippen molar-refractivity contribution in [2.24, 2.45) is 0 Å². The van der Waals surface area contributed by atoms with Crippen LogP contribution in [0, 0.1) is 0 Å². The Labute approximate surface area is 127 Å². The van der Waals surface area contributed by atoms with Gasteiger partial charge in [-0.2, -0.15) is 0 Å². The summed E-state index contributed by atoms with van der Waals surface area (Å²) in [5.41, 5.74) is 0. The molecule has 0 saturated carbocycles. The van der Waals surface area contributed by atoms with Gasteiger partial charge in [-0.25, -0.2) is 0 Å². The number of unbranched alkanes of at least 4 members (excludes halogenated alkanes) is 4. The van der Waals surface area contributed by atoms with Gasteiger partial charge in [0.1, 0.15) is 6.54 Å². The molecular formula is C15H29FN2O3. The number of nitrogens with one attached hydrogen (secondary N) is 1. The minimum Gasteiger partial charge on any atom is -0.544 e. The lowest BCUT2D eigenvalue weighted by Crippen LogP contribution is -2.49. The van der Waals surface area contributed by atoms with Crippen molar-refractivity contribution in [1.82, 2.24) is 5.32 Å². The predicted octanol–water partition coefficient (Wildman–Crippen LogP) is 0.629. The molecule has 0 spiro atoms. The molecule has 0 aliphatic heterocycles. The van der Waals surface area contributed by atoms with Crippen molar-refractivity contribution in [2.75, 3.05) is 40.4 Å². The number of carboxylic acids is 1. The van der Waals surface area contributed by atoms with Gasteiger partial charge in [0.15, 0.2) is 0 Å². The van der Waals surface area contributed by atoms with E-state index >= 15 is 0 Å². The Morgan fingerprint density at radius 2 is 1.67 bits per heavy atom. The van der Waals surface area contributed by atoms with Gasteiger partial charge < -0.3 is 19.7 Å². The Bertz CT molecular complexity index is 309. The first kappa shape index (κ1) is 19.8. The second kappa shape index (κ2) is 11.5. The summed E-state index contributed by atoms with van der Waals surface area (Å²) in [5.74, 6) is -1.03. The van der Waals surface area contributed by atoms with Crippen molar-refractivity contribution in [2.45, 2.75) is 44.9 Å². The van der Waals surface area contributed by atoms with Gasteiger partial charge in [0, 0.05) is 19.4 Å². The van der Waals surface area contributed by atoms with Gasteiger partial charge in [0.2, 0.25) is 5.91 Å². The molecule has 0 aromatic carbocycles. The van der Waals surface area contributed by atoms with E-state index in [0.717, 1.165) is 32.1 Å². The molecule has 21 heavy (non-hydrogen) atoms. The summed E-state index contributed by atoms with van der Waals surface area (Å²) >= 11 is 0. The lowest BCUT2D eigenvalue weighted by molar-refractivity contribution is -0.884. The molecule has 5 nitrogen and oxygen atoms in total. The highest BCUT2D eigenvalue weighted by Gasteiger charge is 2.14. The van der Waals surface area contributed by atoms with E-state index < -0.39 is 5.97 Å². The number of aliphatic carboxylic acids is 1. The molecule has 0 aromatic heterocycles. The van der Waals surface area contributed by atoms with Crippen LogP contribution >= 0.6 is 0 Å². The van der Waals surface area contributed by atoms with E-state index in [1.807, 2.05) is 14.1 Å². The number of hydrogen-bond acceptors (Lipinski definition) is 3. The Hall–Kier alpha value is -1.17. The van der Waals surface area contributed by atoms with Gasteiger partial charge in [0.25, 0.3) is 0 Å². The number of quaternary nitrogens is 1. The number of halogens is 1. The second-order valence-corrected chi connectivity index (χ2v) is 6.10. The van der Waals surface area contributed by atoms with Crippen molar-refractivity contribution < 1.29 is 23.6 Å². The summed E-state index contributed by atoms with van der Waals surface area (Å²) in [4.78, 5) is 22.1. The highest BCUT2D eigenvalue weighted by atomic mass is 19.1. The Kier molecular flexibility index (Phi) is 10.8. The molecule has 124 valence electrons. The standard InChI is InChI=1S/C15H29FN2O3/c1-18(2,13-15(20)21)12-8-11-17-14(19)9-6-4-3-5-7-10-16/h3-13H2,1-2H3,(H-,17,19,20,21). The molecule has 0 aliphatic rings. The molecule has 0 saturated heterocycles. The quantitative estimate of drug-likeness (QED) is 0.401. The maximum Gasteiger partial charge on any atom is 0.219 e. The molecule has 0 aliphatic carbocycles. The number of carboxylic acid groups (broad SMARTS) is 1. The van der Waals surface area contributed by atoms with E-state index in [2.05, 4.69) is 5.32 Å². The third-order valence-electron chi connectivity index (χ3n) is 3.36. The fourth-order valence-electron chi connectivity index (χ4n) is 2.16. The van der Waals surface area contributed by atoms with Gasteiger partial charge in [-0.3, -0.25) is 9.18 Å². The highest BCUT2D eigenvalue weighted by Crippen LogP contribution is 2.05. The van der Waals surface area contributed by atoms with Crippen LogP contribution in [-0.2, 0) is 9.59 Å². The van der Waals surface area contributed by atoms with E-state index in [1.54, 1.807) is 0 Å². The molecule has 1 amide bonds. The fourth-order valence-corrected chi connectivity index (χ4v) is 2.16. The summed E-state index contributed by atoms with van der Waals surface area (Å²) in [6, 6.07) is 0. The molecule has 0 bridgehead atoms. The van der Waals surface area contributed by atoms with Crippen LogP contribution in [0.15, 0.2) is 0 Å². The Morgan fingerprint density at radius 1 is 1.05 bits per heavy atom. The van der Waals surface area contributed by atoms with Gasteiger partial charge in [-0.15, -0.1) is 0 Å². The number of amides is 1. The molecule has 0 heterocycles. The van der Waals surface area contributed by atoms with Crippen molar-refractivity contribution in [3.05, 3.63) is 0 Å². The average Bonchev–Trinajstić information content (AvgIpc) is 2.37. The first-order chi connectivity index (χ1) is 9.87. The fraction of sp³-hybridized carbons (Fsp3) is 0.867. The average molecular weight is 304 g/mol. The number of likely N-dealkylation sites (N-methyl/N-ethyl adjacent to an activating group) is 1. The largest absolute Gasteiger partial charge is 0.544 e. The van der Waals surface area contributed by atoms with Gasteiger partial charge in [0.05, 0.1) is 33.3 Å². The van der Waals surface area contributed by atoms with Crippen molar-refractivity contribution in [3.63, 3.8) is 0 Å². The first-order valence-corrected chi connectivity index (χ1v) is 7.72. The normalized spacial score (nSPS) is 11.4. The lowest BCUT2D eigenvalue weighted by atomic mass is 10.1. The molecule has 0 rings (SSSR count). The Morgan fingerprint density at radius 3 is 2.29 bits per heavy atom.